The highest BCUT2D eigenvalue weighted by Crippen LogP contribution is 2.18. The van der Waals surface area contributed by atoms with E-state index in [9.17, 15) is 4.79 Å². The average Bonchev–Trinajstić information content (AvgIpc) is 2.51. The topological polar surface area (TPSA) is 49.3 Å². The fraction of sp³-hybridized carbons (Fsp3) is 0.611. The van der Waals surface area contributed by atoms with E-state index in [4.69, 9.17) is 5.11 Å². The molecule has 122 valence electrons. The molecule has 0 heterocycles. The Hall–Kier alpha value is -1.35. The van der Waals surface area contributed by atoms with E-state index in [0.717, 1.165) is 5.56 Å². The number of nitrogens with one attached hydrogen (secondary N) is 1. The molecule has 0 saturated carbocycles. The molecule has 1 rings (SSSR count). The zero-order valence-corrected chi connectivity index (χ0v) is 14.8. The van der Waals surface area contributed by atoms with Gasteiger partial charge in [-0.05, 0) is 36.5 Å². The Morgan fingerprint density at radius 3 is 2.19 bits per heavy atom. The lowest BCUT2D eigenvalue weighted by atomic mass is 9.98. The second-order valence-corrected chi connectivity index (χ2v) is 4.56. The van der Waals surface area contributed by atoms with Gasteiger partial charge in [0.1, 0.15) is 0 Å². The van der Waals surface area contributed by atoms with E-state index in [-0.39, 0.29) is 12.5 Å². The largest absolute Gasteiger partial charge is 0.396 e. The van der Waals surface area contributed by atoms with Crippen molar-refractivity contribution in [1.82, 2.24) is 5.32 Å². The Morgan fingerprint density at radius 1 is 1.19 bits per heavy atom. The first-order chi connectivity index (χ1) is 10.1. The zero-order valence-electron chi connectivity index (χ0n) is 14.8. The molecule has 0 bridgehead atoms. The third-order valence-corrected chi connectivity index (χ3v) is 2.78. The predicted octanol–water partition coefficient (Wildman–Crippen LogP) is 4.28. The van der Waals surface area contributed by atoms with Crippen molar-refractivity contribution in [2.75, 3.05) is 13.2 Å². The number of aliphatic hydroxyl groups is 1. The maximum absolute atomic E-state index is 11.8. The molecule has 1 aromatic carbocycles. The third-order valence-electron chi connectivity index (χ3n) is 2.78. The first-order valence-electron chi connectivity index (χ1n) is 8.06. The van der Waals surface area contributed by atoms with Crippen molar-refractivity contribution in [1.29, 1.82) is 0 Å². The quantitative estimate of drug-likeness (QED) is 0.796. The number of hydrogen-bond acceptors (Lipinski definition) is 2. The Labute approximate surface area is 130 Å². The number of rotatable bonds is 5. The van der Waals surface area contributed by atoms with Crippen LogP contribution >= 0.6 is 0 Å². The Balaban J connectivity index is 0. The van der Waals surface area contributed by atoms with Crippen molar-refractivity contribution in [2.24, 2.45) is 0 Å². The smallest absolute Gasteiger partial charge is 0.251 e. The van der Waals surface area contributed by atoms with Crippen LogP contribution < -0.4 is 5.32 Å². The first kappa shape index (κ1) is 21.9. The molecule has 0 spiro atoms. The van der Waals surface area contributed by atoms with E-state index in [1.807, 2.05) is 46.8 Å². The van der Waals surface area contributed by atoms with Crippen LogP contribution in [-0.2, 0) is 0 Å². The van der Waals surface area contributed by atoms with E-state index in [2.05, 4.69) is 25.2 Å². The van der Waals surface area contributed by atoms with Crippen LogP contribution in [-0.4, -0.2) is 24.2 Å². The molecular weight excluding hydrogens is 262 g/mol. The number of carbonyl (C=O) groups is 1. The SMILES string of the molecule is CC.CC.Cc1cc(C(C)C)ccc1C(=O)NCCCO. The minimum absolute atomic E-state index is 0.0637. The maximum atomic E-state index is 11.8. The maximum Gasteiger partial charge on any atom is 0.251 e. The van der Waals surface area contributed by atoms with Gasteiger partial charge in [-0.3, -0.25) is 4.79 Å². The number of hydrogen-bond donors (Lipinski definition) is 2. The fourth-order valence-electron chi connectivity index (χ4n) is 1.68. The summed E-state index contributed by atoms with van der Waals surface area (Å²) in [6, 6.07) is 5.93. The molecule has 2 N–H and O–H groups in total. The molecule has 21 heavy (non-hydrogen) atoms. The van der Waals surface area contributed by atoms with Gasteiger partial charge in [-0.15, -0.1) is 0 Å². The number of amides is 1. The minimum Gasteiger partial charge on any atom is -0.396 e. The number of aryl methyl sites for hydroxylation is 1. The number of aliphatic hydroxyl groups excluding tert-OH is 1. The lowest BCUT2D eigenvalue weighted by molar-refractivity contribution is 0.0950. The van der Waals surface area contributed by atoms with Crippen molar-refractivity contribution >= 4 is 5.91 Å². The predicted molar refractivity (Wildman–Crippen MR) is 92.0 cm³/mol. The second-order valence-electron chi connectivity index (χ2n) is 4.56. The molecule has 0 radical (unpaired) electrons. The molecule has 3 heteroatoms. The molecule has 0 atom stereocenters. The number of benzene rings is 1. The van der Waals surface area contributed by atoms with Gasteiger partial charge in [-0.1, -0.05) is 53.7 Å². The Kier molecular flexibility index (Phi) is 14.2. The summed E-state index contributed by atoms with van der Waals surface area (Å²) in [4.78, 5) is 11.8. The van der Waals surface area contributed by atoms with Gasteiger partial charge in [0.05, 0.1) is 0 Å². The van der Waals surface area contributed by atoms with E-state index in [1.165, 1.54) is 5.56 Å². The highest BCUT2D eigenvalue weighted by Gasteiger charge is 2.09. The molecule has 1 amide bonds. The molecule has 0 fully saturated rings. The Bertz CT molecular complexity index is 387. The van der Waals surface area contributed by atoms with Crippen LogP contribution in [0.5, 0.6) is 0 Å². The highest BCUT2D eigenvalue weighted by atomic mass is 16.3. The van der Waals surface area contributed by atoms with Gasteiger partial charge in [0.2, 0.25) is 0 Å². The first-order valence-corrected chi connectivity index (χ1v) is 8.06. The summed E-state index contributed by atoms with van der Waals surface area (Å²) in [7, 11) is 0. The van der Waals surface area contributed by atoms with E-state index < -0.39 is 0 Å². The molecule has 0 aliphatic carbocycles. The fourth-order valence-corrected chi connectivity index (χ4v) is 1.68. The lowest BCUT2D eigenvalue weighted by Gasteiger charge is -2.11. The summed E-state index contributed by atoms with van der Waals surface area (Å²) in [5.74, 6) is 0.409. The van der Waals surface area contributed by atoms with E-state index >= 15 is 0 Å². The standard InChI is InChI=1S/C14H21NO2.2C2H6/c1-10(2)12-5-6-13(11(3)9-12)14(17)15-7-4-8-16;2*1-2/h5-6,9-10,16H,4,7-8H2,1-3H3,(H,15,17);2*1-2H3. The van der Waals surface area contributed by atoms with Crippen molar-refractivity contribution in [3.05, 3.63) is 34.9 Å². The minimum atomic E-state index is -0.0637. The molecule has 0 unspecified atom stereocenters. The molecule has 3 nitrogen and oxygen atoms in total. The van der Waals surface area contributed by atoms with Gasteiger partial charge >= 0.3 is 0 Å². The van der Waals surface area contributed by atoms with Crippen LogP contribution in [0.3, 0.4) is 0 Å². The van der Waals surface area contributed by atoms with Crippen LogP contribution in [0.1, 0.15) is 75.4 Å². The van der Waals surface area contributed by atoms with Gasteiger partial charge in [0, 0.05) is 18.7 Å². The molecule has 0 aliphatic rings. The van der Waals surface area contributed by atoms with Crippen molar-refractivity contribution in [2.45, 2.75) is 60.8 Å². The van der Waals surface area contributed by atoms with Crippen LogP contribution in [0, 0.1) is 6.92 Å². The monoisotopic (exact) mass is 295 g/mol. The molecular formula is C18H33NO2. The molecule has 1 aromatic rings. The molecule has 0 aromatic heterocycles. The van der Waals surface area contributed by atoms with Crippen molar-refractivity contribution < 1.29 is 9.90 Å². The summed E-state index contributed by atoms with van der Waals surface area (Å²) in [6.07, 6.45) is 0.592. The summed E-state index contributed by atoms with van der Waals surface area (Å²) in [5, 5.41) is 11.4. The van der Waals surface area contributed by atoms with Crippen molar-refractivity contribution in [3.8, 4) is 0 Å². The summed E-state index contributed by atoms with van der Waals surface area (Å²) >= 11 is 0. The Morgan fingerprint density at radius 2 is 1.76 bits per heavy atom. The third kappa shape index (κ3) is 8.51. The normalized spacial score (nSPS) is 9.19. The van der Waals surface area contributed by atoms with E-state index in [1.54, 1.807) is 0 Å². The van der Waals surface area contributed by atoms with Crippen LogP contribution in [0.4, 0.5) is 0 Å². The van der Waals surface area contributed by atoms with Gasteiger partial charge in [0.15, 0.2) is 0 Å². The van der Waals surface area contributed by atoms with Gasteiger partial charge in [-0.2, -0.15) is 0 Å². The number of carbonyl (C=O) groups excluding carboxylic acids is 1. The van der Waals surface area contributed by atoms with Gasteiger partial charge in [-0.25, -0.2) is 0 Å². The summed E-state index contributed by atoms with van der Waals surface area (Å²) in [6.45, 7) is 14.8. The van der Waals surface area contributed by atoms with Crippen LogP contribution in [0.25, 0.3) is 0 Å². The van der Waals surface area contributed by atoms with Gasteiger partial charge in [0.25, 0.3) is 5.91 Å². The lowest BCUT2D eigenvalue weighted by Crippen LogP contribution is -2.25. The molecule has 0 saturated heterocycles. The molecule has 0 aliphatic heterocycles. The zero-order chi connectivity index (χ0) is 16.8. The van der Waals surface area contributed by atoms with Crippen LogP contribution in [0.2, 0.25) is 0 Å². The summed E-state index contributed by atoms with van der Waals surface area (Å²) < 4.78 is 0. The highest BCUT2D eigenvalue weighted by molar-refractivity contribution is 5.95. The van der Waals surface area contributed by atoms with Gasteiger partial charge < -0.3 is 10.4 Å². The van der Waals surface area contributed by atoms with Crippen molar-refractivity contribution in [3.63, 3.8) is 0 Å². The average molecular weight is 295 g/mol. The summed E-state index contributed by atoms with van der Waals surface area (Å²) in [5.41, 5.74) is 2.96. The second kappa shape index (κ2) is 13.6. The van der Waals surface area contributed by atoms with E-state index in [0.29, 0.717) is 24.4 Å². The van der Waals surface area contributed by atoms with Crippen LogP contribution in [0.15, 0.2) is 18.2 Å².